The summed E-state index contributed by atoms with van der Waals surface area (Å²) in [5, 5.41) is 17.0. The molecule has 0 amide bonds. The van der Waals surface area contributed by atoms with Gasteiger partial charge in [-0.2, -0.15) is 10.2 Å². The van der Waals surface area contributed by atoms with Gasteiger partial charge in [0.15, 0.2) is 5.82 Å². The molecule has 20 heavy (non-hydrogen) atoms. The molecule has 98 valence electrons. The quantitative estimate of drug-likeness (QED) is 0.777. The van der Waals surface area contributed by atoms with Gasteiger partial charge in [0.2, 0.25) is 6.39 Å². The molecule has 0 unspecified atom stereocenters. The van der Waals surface area contributed by atoms with E-state index in [-0.39, 0.29) is 0 Å². The van der Waals surface area contributed by atoms with Crippen LogP contribution in [0.4, 0.5) is 5.82 Å². The minimum absolute atomic E-state index is 0.609. The second-order valence-electron chi connectivity index (χ2n) is 4.21. The smallest absolute Gasteiger partial charge is 0.213 e. The zero-order valence-corrected chi connectivity index (χ0v) is 10.6. The number of nitrogens with zero attached hydrogens (tertiary/aromatic N) is 4. The van der Waals surface area contributed by atoms with E-state index in [1.165, 1.54) is 6.39 Å². The minimum atomic E-state index is 0.609. The predicted octanol–water partition coefficient (Wildman–Crippen LogP) is 2.14. The van der Waals surface area contributed by atoms with Crippen LogP contribution in [-0.2, 0) is 6.42 Å². The van der Waals surface area contributed by atoms with E-state index >= 15 is 0 Å². The molecule has 0 fully saturated rings. The Morgan fingerprint density at radius 2 is 2.20 bits per heavy atom. The number of rotatable bonds is 4. The van der Waals surface area contributed by atoms with Gasteiger partial charge in [0.1, 0.15) is 5.82 Å². The number of nitriles is 1. The summed E-state index contributed by atoms with van der Waals surface area (Å²) in [6.45, 7) is 0.621. The van der Waals surface area contributed by atoms with Crippen LogP contribution in [-0.4, -0.2) is 21.7 Å². The number of pyridine rings is 1. The van der Waals surface area contributed by atoms with Gasteiger partial charge < -0.3 is 9.84 Å². The van der Waals surface area contributed by atoms with E-state index < -0.39 is 0 Å². The highest BCUT2D eigenvalue weighted by Crippen LogP contribution is 2.19. The third-order valence-corrected chi connectivity index (χ3v) is 2.90. The number of fused-ring (bicyclic) bond motifs is 1. The molecule has 6 heteroatoms. The molecule has 0 aliphatic carbocycles. The Morgan fingerprint density at radius 3 is 3.00 bits per heavy atom. The molecule has 6 nitrogen and oxygen atoms in total. The maximum Gasteiger partial charge on any atom is 0.213 e. The molecule has 1 N–H and O–H groups in total. The minimum Gasteiger partial charge on any atom is -0.370 e. The van der Waals surface area contributed by atoms with Crippen LogP contribution in [0.5, 0.6) is 0 Å². The Labute approximate surface area is 115 Å². The Kier molecular flexibility index (Phi) is 3.25. The number of hydrogen-bond donors (Lipinski definition) is 1. The average molecular weight is 265 g/mol. The number of anilines is 1. The van der Waals surface area contributed by atoms with Crippen molar-refractivity contribution in [3.63, 3.8) is 0 Å². The summed E-state index contributed by atoms with van der Waals surface area (Å²) in [6, 6.07) is 11.5. The van der Waals surface area contributed by atoms with Gasteiger partial charge in [-0.05, 0) is 12.1 Å². The highest BCUT2D eigenvalue weighted by Gasteiger charge is 2.05. The van der Waals surface area contributed by atoms with Crippen LogP contribution >= 0.6 is 0 Å². The third kappa shape index (κ3) is 2.42. The number of hydrogen-bond acceptors (Lipinski definition) is 6. The molecule has 0 saturated heterocycles. The summed E-state index contributed by atoms with van der Waals surface area (Å²) < 4.78 is 4.66. The van der Waals surface area contributed by atoms with Crippen LogP contribution < -0.4 is 5.32 Å². The SMILES string of the molecule is N#Cc1cc(NCCc2ncon2)nc2ccccc12. The van der Waals surface area contributed by atoms with Crippen molar-refractivity contribution in [3.05, 3.63) is 48.1 Å². The molecule has 3 rings (SSSR count). The second-order valence-corrected chi connectivity index (χ2v) is 4.21. The maximum absolute atomic E-state index is 9.20. The fourth-order valence-corrected chi connectivity index (χ4v) is 1.96. The van der Waals surface area contributed by atoms with E-state index in [1.54, 1.807) is 6.07 Å². The summed E-state index contributed by atoms with van der Waals surface area (Å²) in [4.78, 5) is 8.42. The van der Waals surface area contributed by atoms with Crippen LogP contribution in [0.2, 0.25) is 0 Å². The lowest BCUT2D eigenvalue weighted by atomic mass is 10.1. The van der Waals surface area contributed by atoms with Gasteiger partial charge in [-0.25, -0.2) is 4.98 Å². The average Bonchev–Trinajstić information content (AvgIpc) is 2.99. The first kappa shape index (κ1) is 12.1. The number of aromatic nitrogens is 3. The molecule has 3 aromatic rings. The van der Waals surface area contributed by atoms with Crippen molar-refractivity contribution in [1.82, 2.24) is 15.1 Å². The number of para-hydroxylation sites is 1. The Balaban J connectivity index is 1.80. The van der Waals surface area contributed by atoms with Gasteiger partial charge in [0.05, 0.1) is 17.1 Å². The highest BCUT2D eigenvalue weighted by atomic mass is 16.5. The predicted molar refractivity (Wildman–Crippen MR) is 72.9 cm³/mol. The standard InChI is InChI=1S/C14H11N5O/c15-8-10-7-14(16-6-5-13-17-9-20-19-13)18-12-4-2-1-3-11(10)12/h1-4,7,9H,5-6H2,(H,16,18). The molecule has 1 aromatic carbocycles. The zero-order chi connectivity index (χ0) is 13.8. The molecule has 0 bridgehead atoms. The molecule has 0 atom stereocenters. The summed E-state index contributed by atoms with van der Waals surface area (Å²) in [5.41, 5.74) is 1.41. The molecule has 2 heterocycles. The first-order chi connectivity index (χ1) is 9.86. The summed E-state index contributed by atoms with van der Waals surface area (Å²) in [6.07, 6.45) is 1.93. The lowest BCUT2D eigenvalue weighted by Gasteiger charge is -2.06. The van der Waals surface area contributed by atoms with Crippen molar-refractivity contribution in [2.24, 2.45) is 0 Å². The molecule has 0 saturated carbocycles. The molecule has 0 spiro atoms. The third-order valence-electron chi connectivity index (χ3n) is 2.90. The van der Waals surface area contributed by atoms with Crippen LogP contribution in [0.1, 0.15) is 11.4 Å². The van der Waals surface area contributed by atoms with Crippen molar-refractivity contribution < 1.29 is 4.52 Å². The van der Waals surface area contributed by atoms with Gasteiger partial charge in [-0.1, -0.05) is 23.4 Å². The van der Waals surface area contributed by atoms with E-state index in [0.29, 0.717) is 30.2 Å². The lowest BCUT2D eigenvalue weighted by molar-refractivity contribution is 0.410. The Bertz CT molecular complexity index is 761. The van der Waals surface area contributed by atoms with Crippen molar-refractivity contribution >= 4 is 16.7 Å². The van der Waals surface area contributed by atoms with Gasteiger partial charge >= 0.3 is 0 Å². The van der Waals surface area contributed by atoms with Crippen LogP contribution in [0, 0.1) is 11.3 Å². The Hall–Kier alpha value is -2.94. The fourth-order valence-electron chi connectivity index (χ4n) is 1.96. The topological polar surface area (TPSA) is 87.6 Å². The van der Waals surface area contributed by atoms with Crippen LogP contribution in [0.25, 0.3) is 10.9 Å². The highest BCUT2D eigenvalue weighted by molar-refractivity contribution is 5.86. The van der Waals surface area contributed by atoms with Gasteiger partial charge in [0.25, 0.3) is 0 Å². The molecular formula is C14H11N5O. The number of benzene rings is 1. The van der Waals surface area contributed by atoms with Crippen molar-refractivity contribution in [2.45, 2.75) is 6.42 Å². The van der Waals surface area contributed by atoms with Gasteiger partial charge in [-0.3, -0.25) is 0 Å². The van der Waals surface area contributed by atoms with E-state index in [1.807, 2.05) is 24.3 Å². The van der Waals surface area contributed by atoms with E-state index in [2.05, 4.69) is 31.0 Å². The molecule has 2 aromatic heterocycles. The zero-order valence-electron chi connectivity index (χ0n) is 10.6. The van der Waals surface area contributed by atoms with E-state index in [9.17, 15) is 5.26 Å². The second kappa shape index (κ2) is 5.36. The van der Waals surface area contributed by atoms with Gasteiger partial charge in [-0.15, -0.1) is 0 Å². The fraction of sp³-hybridized carbons (Fsp3) is 0.143. The lowest BCUT2D eigenvalue weighted by Crippen LogP contribution is -2.07. The summed E-state index contributed by atoms with van der Waals surface area (Å²) in [5.74, 6) is 1.31. The molecule has 0 aliphatic heterocycles. The molecule has 0 radical (unpaired) electrons. The summed E-state index contributed by atoms with van der Waals surface area (Å²) >= 11 is 0. The normalized spacial score (nSPS) is 10.3. The van der Waals surface area contributed by atoms with E-state index in [0.717, 1.165) is 10.9 Å². The summed E-state index contributed by atoms with van der Waals surface area (Å²) in [7, 11) is 0. The monoisotopic (exact) mass is 265 g/mol. The largest absolute Gasteiger partial charge is 0.370 e. The van der Waals surface area contributed by atoms with Gasteiger partial charge in [0, 0.05) is 18.4 Å². The van der Waals surface area contributed by atoms with Crippen LogP contribution in [0.15, 0.2) is 41.2 Å². The van der Waals surface area contributed by atoms with Crippen molar-refractivity contribution in [1.29, 1.82) is 5.26 Å². The maximum atomic E-state index is 9.20. The molecule has 0 aliphatic rings. The molecular weight excluding hydrogens is 254 g/mol. The van der Waals surface area contributed by atoms with Crippen molar-refractivity contribution in [3.8, 4) is 6.07 Å². The Morgan fingerprint density at radius 1 is 1.30 bits per heavy atom. The van der Waals surface area contributed by atoms with E-state index in [4.69, 9.17) is 0 Å². The van der Waals surface area contributed by atoms with Crippen LogP contribution in [0.3, 0.4) is 0 Å². The van der Waals surface area contributed by atoms with Crippen molar-refractivity contribution in [2.75, 3.05) is 11.9 Å². The first-order valence-corrected chi connectivity index (χ1v) is 6.16. The first-order valence-electron chi connectivity index (χ1n) is 6.16. The number of nitrogens with one attached hydrogen (secondary N) is 1.